The Balaban J connectivity index is 1.75. The third-order valence-corrected chi connectivity index (χ3v) is 6.43. The Morgan fingerprint density at radius 2 is 1.97 bits per heavy atom. The molecule has 1 aromatic carbocycles. The zero-order chi connectivity index (χ0) is 24.8. The molecule has 0 saturated carbocycles. The van der Waals surface area contributed by atoms with Gasteiger partial charge in [0.25, 0.3) is 0 Å². The van der Waals surface area contributed by atoms with Crippen molar-refractivity contribution in [3.05, 3.63) is 41.0 Å². The zero-order valence-corrected chi connectivity index (χ0v) is 19.7. The molecule has 178 valence electrons. The number of aliphatic imine (C=N–C) groups is 1. The van der Waals surface area contributed by atoms with Crippen molar-refractivity contribution in [3.8, 4) is 12.3 Å². The molecular weight excluding hydrogens is 434 g/mol. The van der Waals surface area contributed by atoms with Crippen LogP contribution in [0.1, 0.15) is 29.5 Å². The van der Waals surface area contributed by atoms with Crippen LogP contribution in [0.4, 0.5) is 0 Å². The van der Waals surface area contributed by atoms with Gasteiger partial charge in [-0.05, 0) is 48.6 Å². The van der Waals surface area contributed by atoms with E-state index >= 15 is 0 Å². The Hall–Kier alpha value is -3.89. The van der Waals surface area contributed by atoms with Gasteiger partial charge in [0.05, 0.1) is 23.5 Å². The molecule has 10 nitrogen and oxygen atoms in total. The van der Waals surface area contributed by atoms with E-state index in [9.17, 15) is 14.8 Å². The fourth-order valence-electron chi connectivity index (χ4n) is 4.72. The first-order valence-electron chi connectivity index (χ1n) is 11.1. The zero-order valence-electron chi connectivity index (χ0n) is 19.7. The smallest absolute Gasteiger partial charge is 0.249 e. The van der Waals surface area contributed by atoms with E-state index in [0.29, 0.717) is 44.0 Å². The SMILES string of the molecule is Cc1cc(C#N)ccc1C1=CCN(C(=O)[C@H]2CCN(/C(=N/C#N)N(C)C)C[C@@H]2C(=O)NO)CC1. The molecule has 2 aliphatic heterocycles. The normalized spacial score (nSPS) is 20.6. The van der Waals surface area contributed by atoms with Crippen molar-refractivity contribution in [1.82, 2.24) is 20.2 Å². The van der Waals surface area contributed by atoms with Crippen LogP contribution in [-0.2, 0) is 9.59 Å². The second kappa shape index (κ2) is 10.8. The number of hydrogen-bond acceptors (Lipinski definition) is 6. The topological polar surface area (TPSA) is 136 Å². The number of likely N-dealkylation sites (tertiary alicyclic amines) is 1. The van der Waals surface area contributed by atoms with Gasteiger partial charge in [-0.1, -0.05) is 12.1 Å². The van der Waals surface area contributed by atoms with E-state index in [1.165, 1.54) is 0 Å². The lowest BCUT2D eigenvalue weighted by Crippen LogP contribution is -2.55. The second-order valence-corrected chi connectivity index (χ2v) is 8.74. The van der Waals surface area contributed by atoms with Crippen molar-refractivity contribution in [1.29, 1.82) is 10.5 Å². The standard InChI is InChI=1S/C24H29N7O3/c1-16-12-17(13-25)4-5-19(16)18-6-9-30(10-7-18)23(33)20-8-11-31(14-21(20)22(32)28-34)24(27-15-26)29(2)3/h4-6,12,20-21,34H,7-11,14H2,1-3H3,(H,28,32)/b27-24+/t20-,21-/m0/s1. The van der Waals surface area contributed by atoms with E-state index in [4.69, 9.17) is 10.5 Å². The van der Waals surface area contributed by atoms with Crippen molar-refractivity contribution in [2.24, 2.45) is 16.8 Å². The molecule has 2 N–H and O–H groups in total. The maximum absolute atomic E-state index is 13.4. The first kappa shape index (κ1) is 24.7. The molecule has 2 amide bonds. The van der Waals surface area contributed by atoms with Gasteiger partial charge in [0, 0.05) is 40.3 Å². The van der Waals surface area contributed by atoms with Crippen molar-refractivity contribution < 1.29 is 14.8 Å². The van der Waals surface area contributed by atoms with Gasteiger partial charge in [0.2, 0.25) is 24.0 Å². The highest BCUT2D eigenvalue weighted by Crippen LogP contribution is 2.30. The van der Waals surface area contributed by atoms with Crippen LogP contribution in [0, 0.1) is 41.5 Å². The molecule has 0 aliphatic carbocycles. The Bertz CT molecular complexity index is 1100. The average Bonchev–Trinajstić information content (AvgIpc) is 2.85. The number of nitriles is 2. The summed E-state index contributed by atoms with van der Waals surface area (Å²) in [6.07, 6.45) is 4.87. The number of hydroxylamine groups is 1. The van der Waals surface area contributed by atoms with Crippen molar-refractivity contribution >= 4 is 23.3 Å². The molecule has 2 atom stereocenters. The lowest BCUT2D eigenvalue weighted by atomic mass is 9.83. The summed E-state index contributed by atoms with van der Waals surface area (Å²) in [6, 6.07) is 7.74. The molecular formula is C24H29N7O3. The molecule has 1 fully saturated rings. The molecule has 1 aromatic rings. The Kier molecular flexibility index (Phi) is 7.87. The molecule has 0 unspecified atom stereocenters. The Labute approximate surface area is 199 Å². The van der Waals surface area contributed by atoms with Gasteiger partial charge in [0.15, 0.2) is 0 Å². The highest BCUT2D eigenvalue weighted by Gasteiger charge is 2.41. The minimum Gasteiger partial charge on any atom is -0.348 e. The fourth-order valence-corrected chi connectivity index (χ4v) is 4.72. The lowest BCUT2D eigenvalue weighted by Gasteiger charge is -2.41. The first-order chi connectivity index (χ1) is 16.3. The van der Waals surface area contributed by atoms with Crippen LogP contribution in [0.3, 0.4) is 0 Å². The van der Waals surface area contributed by atoms with E-state index in [0.717, 1.165) is 16.7 Å². The third kappa shape index (κ3) is 5.19. The summed E-state index contributed by atoms with van der Waals surface area (Å²) in [4.78, 5) is 34.9. The van der Waals surface area contributed by atoms with E-state index in [1.54, 1.807) is 46.5 Å². The number of nitrogens with one attached hydrogen (secondary N) is 1. The van der Waals surface area contributed by atoms with Crippen LogP contribution in [0.2, 0.25) is 0 Å². The fraction of sp³-hybridized carbons (Fsp3) is 0.458. The van der Waals surface area contributed by atoms with Crippen LogP contribution >= 0.6 is 0 Å². The van der Waals surface area contributed by atoms with Gasteiger partial charge in [-0.25, -0.2) is 5.48 Å². The summed E-state index contributed by atoms with van der Waals surface area (Å²) in [5, 5.41) is 27.4. The van der Waals surface area contributed by atoms with Crippen LogP contribution < -0.4 is 5.48 Å². The van der Waals surface area contributed by atoms with Gasteiger partial charge in [0.1, 0.15) is 0 Å². The van der Waals surface area contributed by atoms with Crippen LogP contribution in [0.5, 0.6) is 0 Å². The Morgan fingerprint density at radius 1 is 1.21 bits per heavy atom. The van der Waals surface area contributed by atoms with Crippen LogP contribution in [0.25, 0.3) is 5.57 Å². The van der Waals surface area contributed by atoms with Gasteiger partial charge in [-0.2, -0.15) is 10.5 Å². The number of rotatable bonds is 3. The lowest BCUT2D eigenvalue weighted by molar-refractivity contribution is -0.147. The molecule has 34 heavy (non-hydrogen) atoms. The highest BCUT2D eigenvalue weighted by molar-refractivity contribution is 5.89. The number of benzene rings is 1. The summed E-state index contributed by atoms with van der Waals surface area (Å²) in [5.74, 6) is -1.70. The van der Waals surface area contributed by atoms with Crippen LogP contribution in [0.15, 0.2) is 29.3 Å². The Morgan fingerprint density at radius 3 is 2.53 bits per heavy atom. The van der Waals surface area contributed by atoms with E-state index in [-0.39, 0.29) is 12.5 Å². The molecule has 0 aromatic heterocycles. The number of carbonyl (C=O) groups excluding carboxylic acids is 2. The van der Waals surface area contributed by atoms with Gasteiger partial charge in [-0.3, -0.25) is 14.8 Å². The predicted molar refractivity (Wildman–Crippen MR) is 125 cm³/mol. The minimum atomic E-state index is -0.777. The number of piperidine rings is 1. The number of nitrogens with zero attached hydrogens (tertiary/aromatic N) is 6. The summed E-state index contributed by atoms with van der Waals surface area (Å²) >= 11 is 0. The van der Waals surface area contributed by atoms with Gasteiger partial charge >= 0.3 is 0 Å². The molecule has 0 spiro atoms. The molecule has 2 heterocycles. The number of amides is 2. The molecule has 0 bridgehead atoms. The second-order valence-electron chi connectivity index (χ2n) is 8.74. The third-order valence-electron chi connectivity index (χ3n) is 6.43. The van der Waals surface area contributed by atoms with E-state index in [2.05, 4.69) is 11.1 Å². The first-order valence-corrected chi connectivity index (χ1v) is 11.1. The van der Waals surface area contributed by atoms with Crippen molar-refractivity contribution in [3.63, 3.8) is 0 Å². The van der Waals surface area contributed by atoms with Gasteiger partial charge in [-0.15, -0.1) is 4.99 Å². The molecule has 0 radical (unpaired) electrons. The highest BCUT2D eigenvalue weighted by atomic mass is 16.5. The summed E-state index contributed by atoms with van der Waals surface area (Å²) < 4.78 is 0. The van der Waals surface area contributed by atoms with E-state index < -0.39 is 17.7 Å². The summed E-state index contributed by atoms with van der Waals surface area (Å²) in [6.45, 7) is 3.55. The van der Waals surface area contributed by atoms with E-state index in [1.807, 2.05) is 25.1 Å². The molecule has 1 saturated heterocycles. The maximum atomic E-state index is 13.4. The summed E-state index contributed by atoms with van der Waals surface area (Å²) in [5.41, 5.74) is 5.54. The minimum absolute atomic E-state index is 0.122. The predicted octanol–water partition coefficient (Wildman–Crippen LogP) is 1.32. The molecule has 2 aliphatic rings. The molecule has 10 heteroatoms. The van der Waals surface area contributed by atoms with Crippen molar-refractivity contribution in [2.75, 3.05) is 40.3 Å². The molecule has 3 rings (SSSR count). The maximum Gasteiger partial charge on any atom is 0.249 e. The largest absolute Gasteiger partial charge is 0.348 e. The van der Waals surface area contributed by atoms with Crippen LogP contribution in [-0.4, -0.2) is 78.0 Å². The van der Waals surface area contributed by atoms with Gasteiger partial charge < -0.3 is 14.7 Å². The summed E-state index contributed by atoms with van der Waals surface area (Å²) in [7, 11) is 3.50. The quantitative estimate of drug-likeness (QED) is 0.227. The number of carbonyl (C=O) groups is 2. The monoisotopic (exact) mass is 463 g/mol. The number of guanidine groups is 1. The average molecular weight is 464 g/mol. The van der Waals surface area contributed by atoms with Crippen molar-refractivity contribution in [2.45, 2.75) is 19.8 Å². The number of hydrogen-bond donors (Lipinski definition) is 2. The number of aryl methyl sites for hydroxylation is 1.